The Labute approximate surface area is 178 Å². The quantitative estimate of drug-likeness (QED) is 0.438. The average Bonchev–Trinajstić information content (AvgIpc) is 2.03. The van der Waals surface area contributed by atoms with Gasteiger partial charge in [0.1, 0.15) is 5.75 Å². The normalized spacial score (nSPS) is 7.38. The van der Waals surface area contributed by atoms with Crippen LogP contribution in [0.3, 0.4) is 0 Å². The molecule has 0 bridgehead atoms. The third kappa shape index (κ3) is 13.6. The molecular weight excluding hydrogens is 269 g/mol. The van der Waals surface area contributed by atoms with Crippen molar-refractivity contribution in [2.75, 3.05) is 0 Å². The van der Waals surface area contributed by atoms with Gasteiger partial charge in [0.15, 0.2) is 0 Å². The first-order valence-electron chi connectivity index (χ1n) is 3.46. The van der Waals surface area contributed by atoms with Crippen LogP contribution in [0.5, 0.6) is 5.75 Å². The molecule has 0 amide bonds. The Morgan fingerprint density at radius 3 is 1.88 bits per heavy atom. The van der Waals surface area contributed by atoms with Crippen molar-refractivity contribution in [3.8, 4) is 5.75 Å². The van der Waals surface area contributed by atoms with Gasteiger partial charge in [0.2, 0.25) is 0 Å². The van der Waals surface area contributed by atoms with Gasteiger partial charge in [-0.15, -0.1) is 0 Å². The largest absolute Gasteiger partial charge is 1.00 e. The van der Waals surface area contributed by atoms with Crippen molar-refractivity contribution in [3.05, 3.63) is 24.3 Å². The Bertz CT molecular complexity index is 305. The molecule has 6 nitrogen and oxygen atoms in total. The van der Waals surface area contributed by atoms with Crippen molar-refractivity contribution in [2.45, 2.75) is 0 Å². The molecule has 0 heterocycles. The minimum absolute atomic E-state index is 0. The number of carboxylic acid groups (broad SMARTS) is 2. The molecule has 3 N–H and O–H groups in total. The molecule has 9 heteroatoms. The van der Waals surface area contributed by atoms with Gasteiger partial charge < -0.3 is 30.2 Å². The van der Waals surface area contributed by atoms with E-state index in [0.29, 0.717) is 5.46 Å². The van der Waals surface area contributed by atoms with Crippen LogP contribution in [0.4, 0.5) is 4.79 Å². The summed E-state index contributed by atoms with van der Waals surface area (Å²) in [7, 11) is -1.51. The molecule has 76 valence electrons. The molecule has 0 unspecified atom stereocenters. The van der Waals surface area contributed by atoms with Gasteiger partial charge in [0, 0.05) is 0 Å². The zero-order valence-corrected chi connectivity index (χ0v) is 15.2. The first-order chi connectivity index (χ1) is 6.43. The standard InChI is InChI=1S/C6H7BO3.CH2O3.2K/c8-6-3-1-2-5(4-6)7(9)10;2-1(3)4;;/h1-4,8-10H;(H2,2,3,4);;/q;;2*+1/p-2. The maximum Gasteiger partial charge on any atom is 1.00 e. The molecule has 0 spiro atoms. The van der Waals surface area contributed by atoms with E-state index in [1.54, 1.807) is 6.07 Å². The SMILES string of the molecule is O=C([O-])[O-].OB(O)c1cccc(O)c1.[K+].[K+]. The van der Waals surface area contributed by atoms with Gasteiger partial charge in [-0.1, -0.05) is 12.1 Å². The summed E-state index contributed by atoms with van der Waals surface area (Å²) in [5, 5.41) is 42.7. The second-order valence-electron chi connectivity index (χ2n) is 2.22. The Morgan fingerprint density at radius 2 is 1.62 bits per heavy atom. The summed E-state index contributed by atoms with van der Waals surface area (Å²) in [6, 6.07) is 5.82. The topological polar surface area (TPSA) is 124 Å². The fraction of sp³-hybridized carbons (Fsp3) is 0. The number of hydrogen-bond acceptors (Lipinski definition) is 6. The Hall–Kier alpha value is 1.55. The van der Waals surface area contributed by atoms with E-state index in [2.05, 4.69) is 0 Å². The second-order valence-corrected chi connectivity index (χ2v) is 2.22. The summed E-state index contributed by atoms with van der Waals surface area (Å²) in [6.07, 6.45) is -2.33. The van der Waals surface area contributed by atoms with Crippen LogP contribution in [-0.4, -0.2) is 28.4 Å². The van der Waals surface area contributed by atoms with Crippen molar-refractivity contribution in [1.82, 2.24) is 0 Å². The van der Waals surface area contributed by atoms with E-state index in [1.807, 2.05) is 0 Å². The Balaban J connectivity index is -0.000000249. The van der Waals surface area contributed by atoms with Gasteiger partial charge in [0.25, 0.3) is 0 Å². The fourth-order valence-electron chi connectivity index (χ4n) is 0.685. The number of phenols is 1. The minimum atomic E-state index is -2.33. The van der Waals surface area contributed by atoms with Gasteiger partial charge in [-0.3, -0.25) is 0 Å². The Morgan fingerprint density at radius 1 is 1.19 bits per heavy atom. The van der Waals surface area contributed by atoms with E-state index < -0.39 is 13.3 Å². The zero-order chi connectivity index (χ0) is 11.1. The molecule has 0 saturated heterocycles. The van der Waals surface area contributed by atoms with Gasteiger partial charge in [0.05, 0.1) is 0 Å². The van der Waals surface area contributed by atoms with Gasteiger partial charge >= 0.3 is 110 Å². The first-order valence-corrected chi connectivity index (χ1v) is 3.46. The summed E-state index contributed by atoms with van der Waals surface area (Å²) in [5.74, 6) is 0.0330. The van der Waals surface area contributed by atoms with Crippen LogP contribution >= 0.6 is 0 Å². The van der Waals surface area contributed by atoms with Crippen molar-refractivity contribution < 1.29 is 133 Å². The molecule has 0 atom stereocenters. The molecule has 16 heavy (non-hydrogen) atoms. The second kappa shape index (κ2) is 13.0. The monoisotopic (exact) mass is 276 g/mol. The third-order valence-corrected chi connectivity index (χ3v) is 1.17. The number of carbonyl (C=O) groups excluding carboxylic acids is 1. The van der Waals surface area contributed by atoms with Crippen LogP contribution in [0.15, 0.2) is 24.3 Å². The van der Waals surface area contributed by atoms with Crippen LogP contribution in [0.25, 0.3) is 0 Å². The summed E-state index contributed by atoms with van der Waals surface area (Å²) in [5.41, 5.74) is 0.292. The number of carbonyl (C=O) groups is 1. The predicted octanol–water partition coefficient (Wildman–Crippen LogP) is -9.37. The van der Waals surface area contributed by atoms with Crippen molar-refractivity contribution in [3.63, 3.8) is 0 Å². The maximum atomic E-state index is 8.84. The van der Waals surface area contributed by atoms with E-state index >= 15 is 0 Å². The summed E-state index contributed by atoms with van der Waals surface area (Å²) in [4.78, 5) is 8.33. The molecule has 0 radical (unpaired) electrons. The van der Waals surface area contributed by atoms with Crippen LogP contribution in [0.2, 0.25) is 0 Å². The summed E-state index contributed by atoms with van der Waals surface area (Å²) >= 11 is 0. The molecule has 1 aromatic rings. The van der Waals surface area contributed by atoms with Gasteiger partial charge in [-0.05, 0) is 23.8 Å². The molecule has 1 rings (SSSR count). The van der Waals surface area contributed by atoms with Gasteiger partial charge in [-0.2, -0.15) is 0 Å². The Kier molecular flexibility index (Phi) is 18.4. The number of rotatable bonds is 1. The van der Waals surface area contributed by atoms with E-state index in [-0.39, 0.29) is 109 Å². The van der Waals surface area contributed by atoms with E-state index in [9.17, 15) is 0 Å². The molecule has 0 fully saturated rings. The molecule has 0 aliphatic rings. The van der Waals surface area contributed by atoms with Crippen molar-refractivity contribution in [1.29, 1.82) is 0 Å². The molecule has 0 aliphatic carbocycles. The van der Waals surface area contributed by atoms with E-state index in [0.717, 1.165) is 0 Å². The third-order valence-electron chi connectivity index (χ3n) is 1.17. The molecule has 0 saturated carbocycles. The van der Waals surface area contributed by atoms with Crippen LogP contribution in [0.1, 0.15) is 0 Å². The zero-order valence-electron chi connectivity index (χ0n) is 8.95. The first kappa shape index (κ1) is 22.7. The minimum Gasteiger partial charge on any atom is -0.652 e. The van der Waals surface area contributed by atoms with Crippen LogP contribution in [0, 0.1) is 0 Å². The summed E-state index contributed by atoms with van der Waals surface area (Å²) < 4.78 is 0. The number of hydrogen-bond donors (Lipinski definition) is 3. The van der Waals surface area contributed by atoms with Crippen molar-refractivity contribution >= 4 is 18.7 Å². The van der Waals surface area contributed by atoms with Crippen LogP contribution < -0.4 is 118 Å². The molecule has 0 aliphatic heterocycles. The molecule has 0 aromatic heterocycles. The van der Waals surface area contributed by atoms with E-state index in [1.165, 1.54) is 18.2 Å². The number of aromatic hydroxyl groups is 1. The average molecular weight is 276 g/mol. The van der Waals surface area contributed by atoms with Crippen molar-refractivity contribution in [2.24, 2.45) is 0 Å². The molecular formula is C7H7BK2O6. The number of benzene rings is 1. The molecule has 1 aromatic carbocycles. The van der Waals surface area contributed by atoms with Gasteiger partial charge in [-0.25, -0.2) is 0 Å². The fourth-order valence-corrected chi connectivity index (χ4v) is 0.685. The number of phenolic OH excluding ortho intramolecular Hbond substituents is 1. The predicted molar refractivity (Wildman–Crippen MR) is 43.3 cm³/mol. The maximum absolute atomic E-state index is 8.84. The van der Waals surface area contributed by atoms with Crippen LogP contribution in [-0.2, 0) is 0 Å². The smallest absolute Gasteiger partial charge is 0.652 e. The van der Waals surface area contributed by atoms with E-state index in [4.69, 9.17) is 30.2 Å². The summed E-state index contributed by atoms with van der Waals surface area (Å²) in [6.45, 7) is 0.